The van der Waals surface area contributed by atoms with Gasteiger partial charge in [-0.1, -0.05) is 55.8 Å². The van der Waals surface area contributed by atoms with Crippen LogP contribution in [0.25, 0.3) is 11.1 Å². The largest absolute Gasteiger partial charge is 0.336 e. The van der Waals surface area contributed by atoms with E-state index in [2.05, 4.69) is 115 Å². The summed E-state index contributed by atoms with van der Waals surface area (Å²) in [6.07, 6.45) is 0. The van der Waals surface area contributed by atoms with Crippen LogP contribution in [0.5, 0.6) is 0 Å². The van der Waals surface area contributed by atoms with E-state index in [4.69, 9.17) is 0 Å². The van der Waals surface area contributed by atoms with Crippen molar-refractivity contribution >= 4 is 11.4 Å². The first-order valence-electron chi connectivity index (χ1n) is 10.6. The van der Waals surface area contributed by atoms with Gasteiger partial charge < -0.3 is 4.90 Å². The Labute approximate surface area is 176 Å². The minimum atomic E-state index is -0.0305. The van der Waals surface area contributed by atoms with E-state index in [9.17, 15) is 0 Å². The lowest BCUT2D eigenvalue weighted by Crippen LogP contribution is -2.38. The van der Waals surface area contributed by atoms with E-state index < -0.39 is 0 Å². The van der Waals surface area contributed by atoms with Crippen molar-refractivity contribution in [1.82, 2.24) is 0 Å². The zero-order valence-electron chi connectivity index (χ0n) is 19.1. The molecule has 150 valence electrons. The second-order valence-electron chi connectivity index (χ2n) is 10.2. The molecule has 0 bridgehead atoms. The monoisotopic (exact) mass is 383 g/mol. The topological polar surface area (TPSA) is 3.24 Å². The quantitative estimate of drug-likeness (QED) is 0.435. The number of anilines is 2. The van der Waals surface area contributed by atoms with Crippen LogP contribution in [0.2, 0.25) is 0 Å². The molecular formula is C28H33N. The Balaban J connectivity index is 1.97. The highest BCUT2D eigenvalue weighted by Gasteiger charge is 2.37. The molecule has 1 aliphatic carbocycles. The fraction of sp³-hybridized carbons (Fsp3) is 0.357. The van der Waals surface area contributed by atoms with Crippen molar-refractivity contribution in [2.45, 2.75) is 66.3 Å². The van der Waals surface area contributed by atoms with Crippen LogP contribution >= 0.6 is 0 Å². The summed E-state index contributed by atoms with van der Waals surface area (Å²) < 4.78 is 0. The Morgan fingerprint density at radius 3 is 2.00 bits per heavy atom. The van der Waals surface area contributed by atoms with Gasteiger partial charge in [0.2, 0.25) is 0 Å². The lowest BCUT2D eigenvalue weighted by molar-refractivity contribution is 0.557. The molecule has 4 rings (SSSR count). The highest BCUT2D eigenvalue weighted by atomic mass is 15.2. The summed E-state index contributed by atoms with van der Waals surface area (Å²) in [5, 5.41) is 0. The van der Waals surface area contributed by atoms with Gasteiger partial charge in [0.15, 0.2) is 0 Å². The molecule has 0 aliphatic heterocycles. The molecule has 0 atom stereocenters. The molecule has 0 saturated carbocycles. The Bertz CT molecular complexity index is 1100. The smallest absolute Gasteiger partial charge is 0.0449 e. The molecule has 0 N–H and O–H groups in total. The van der Waals surface area contributed by atoms with E-state index in [0.29, 0.717) is 0 Å². The molecule has 0 aromatic heterocycles. The van der Waals surface area contributed by atoms with Crippen molar-refractivity contribution in [3.8, 4) is 11.1 Å². The Morgan fingerprint density at radius 2 is 1.34 bits per heavy atom. The maximum absolute atomic E-state index is 2.52. The summed E-state index contributed by atoms with van der Waals surface area (Å²) in [6, 6.07) is 20.5. The number of hydrogen-bond acceptors (Lipinski definition) is 1. The summed E-state index contributed by atoms with van der Waals surface area (Å²) in [6.45, 7) is 18.3. The second-order valence-corrected chi connectivity index (χ2v) is 10.2. The molecular weight excluding hydrogens is 350 g/mol. The minimum absolute atomic E-state index is 0.00836. The maximum Gasteiger partial charge on any atom is 0.0449 e. The Kier molecular flexibility index (Phi) is 4.42. The van der Waals surface area contributed by atoms with Crippen molar-refractivity contribution in [3.63, 3.8) is 0 Å². The number of rotatable bonds is 2. The standard InChI is InChI=1S/C28H33N/c1-18-13-14-21-22-16-20(3)26(17-24(22)28(7,8)23(21)15-18)29(27(4,5)6)25-12-10-9-11-19(25)2/h9-17H,1-8H3. The Morgan fingerprint density at radius 1 is 0.690 bits per heavy atom. The lowest BCUT2D eigenvalue weighted by Gasteiger charge is -2.40. The molecule has 3 aromatic carbocycles. The summed E-state index contributed by atoms with van der Waals surface area (Å²) in [7, 11) is 0. The van der Waals surface area contributed by atoms with Crippen molar-refractivity contribution in [2.24, 2.45) is 0 Å². The van der Waals surface area contributed by atoms with E-state index in [0.717, 1.165) is 0 Å². The highest BCUT2D eigenvalue weighted by molar-refractivity contribution is 5.85. The normalized spacial score (nSPS) is 14.5. The predicted octanol–water partition coefficient (Wildman–Crippen LogP) is 7.85. The first-order valence-corrected chi connectivity index (χ1v) is 10.6. The summed E-state index contributed by atoms with van der Waals surface area (Å²) in [5.41, 5.74) is 12.2. The summed E-state index contributed by atoms with van der Waals surface area (Å²) in [4.78, 5) is 2.52. The van der Waals surface area contributed by atoms with Crippen LogP contribution in [0.4, 0.5) is 11.4 Å². The van der Waals surface area contributed by atoms with E-state index in [1.165, 1.54) is 50.3 Å². The summed E-state index contributed by atoms with van der Waals surface area (Å²) in [5.74, 6) is 0. The average molecular weight is 384 g/mol. The van der Waals surface area contributed by atoms with Gasteiger partial charge in [0.1, 0.15) is 0 Å². The van der Waals surface area contributed by atoms with E-state index in [1.54, 1.807) is 0 Å². The number of benzene rings is 3. The van der Waals surface area contributed by atoms with Crippen LogP contribution in [0.1, 0.15) is 62.4 Å². The summed E-state index contributed by atoms with van der Waals surface area (Å²) >= 11 is 0. The van der Waals surface area contributed by atoms with E-state index in [1.807, 2.05) is 0 Å². The van der Waals surface area contributed by atoms with Gasteiger partial charge in [-0.15, -0.1) is 0 Å². The van der Waals surface area contributed by atoms with Crippen LogP contribution in [-0.4, -0.2) is 5.54 Å². The van der Waals surface area contributed by atoms with E-state index in [-0.39, 0.29) is 11.0 Å². The lowest BCUT2D eigenvalue weighted by atomic mass is 9.81. The van der Waals surface area contributed by atoms with Crippen molar-refractivity contribution in [2.75, 3.05) is 4.90 Å². The van der Waals surface area contributed by atoms with Gasteiger partial charge in [0.25, 0.3) is 0 Å². The molecule has 1 aliphatic rings. The third-order valence-corrected chi connectivity index (χ3v) is 6.42. The number of nitrogens with zero attached hydrogens (tertiary/aromatic N) is 1. The molecule has 0 radical (unpaired) electrons. The molecule has 29 heavy (non-hydrogen) atoms. The van der Waals surface area contributed by atoms with Crippen molar-refractivity contribution in [1.29, 1.82) is 0 Å². The Hall–Kier alpha value is -2.54. The van der Waals surface area contributed by atoms with Gasteiger partial charge in [-0.25, -0.2) is 0 Å². The zero-order chi connectivity index (χ0) is 21.1. The molecule has 1 heteroatoms. The molecule has 1 nitrogen and oxygen atoms in total. The third-order valence-electron chi connectivity index (χ3n) is 6.42. The first kappa shape index (κ1) is 19.8. The first-order chi connectivity index (χ1) is 13.5. The van der Waals surface area contributed by atoms with Crippen LogP contribution in [0.15, 0.2) is 54.6 Å². The number of aryl methyl sites for hydroxylation is 3. The SMILES string of the molecule is Cc1ccc2c(c1)C(C)(C)c1cc(N(c3ccccc3C)C(C)(C)C)c(C)cc1-2. The maximum atomic E-state index is 2.52. The van der Waals surface area contributed by atoms with Gasteiger partial charge in [-0.05, 0) is 93.1 Å². The van der Waals surface area contributed by atoms with Crippen LogP contribution in [0.3, 0.4) is 0 Å². The van der Waals surface area contributed by atoms with Crippen LogP contribution < -0.4 is 4.90 Å². The zero-order valence-corrected chi connectivity index (χ0v) is 19.1. The average Bonchev–Trinajstić information content (AvgIpc) is 2.83. The highest BCUT2D eigenvalue weighted by Crippen LogP contribution is 2.51. The molecule has 0 unspecified atom stereocenters. The van der Waals surface area contributed by atoms with Crippen LogP contribution in [-0.2, 0) is 5.41 Å². The van der Waals surface area contributed by atoms with Gasteiger partial charge in [-0.3, -0.25) is 0 Å². The van der Waals surface area contributed by atoms with Gasteiger partial charge in [-0.2, -0.15) is 0 Å². The van der Waals surface area contributed by atoms with Gasteiger partial charge >= 0.3 is 0 Å². The molecule has 3 aromatic rings. The van der Waals surface area contributed by atoms with Gasteiger partial charge in [0, 0.05) is 22.3 Å². The molecule has 0 heterocycles. The molecule has 0 fully saturated rings. The fourth-order valence-corrected chi connectivity index (χ4v) is 4.90. The molecule has 0 amide bonds. The van der Waals surface area contributed by atoms with Crippen molar-refractivity contribution in [3.05, 3.63) is 82.4 Å². The fourth-order valence-electron chi connectivity index (χ4n) is 4.90. The van der Waals surface area contributed by atoms with Crippen LogP contribution in [0, 0.1) is 20.8 Å². The number of para-hydroxylation sites is 1. The van der Waals surface area contributed by atoms with E-state index >= 15 is 0 Å². The third kappa shape index (κ3) is 3.08. The predicted molar refractivity (Wildman–Crippen MR) is 127 cm³/mol. The molecule has 0 spiro atoms. The minimum Gasteiger partial charge on any atom is -0.336 e. The molecule has 0 saturated heterocycles. The van der Waals surface area contributed by atoms with Gasteiger partial charge in [0.05, 0.1) is 0 Å². The van der Waals surface area contributed by atoms with Crippen molar-refractivity contribution < 1.29 is 0 Å². The number of hydrogen-bond donors (Lipinski definition) is 0. The number of fused-ring (bicyclic) bond motifs is 3. The second kappa shape index (κ2) is 6.49.